The van der Waals surface area contributed by atoms with Gasteiger partial charge in [-0.05, 0) is 6.92 Å². The quantitative estimate of drug-likeness (QED) is 0.603. The van der Waals surface area contributed by atoms with Crippen LogP contribution in [0, 0.1) is 13.8 Å². The molecule has 12 heavy (non-hydrogen) atoms. The normalized spacial score (nSPS) is 15.0. The second kappa shape index (κ2) is 2.81. The van der Waals surface area contributed by atoms with Gasteiger partial charge in [-0.15, -0.1) is 0 Å². The molecule has 0 aromatic rings. The topological polar surface area (TPSA) is 0 Å². The second-order valence-electron chi connectivity index (χ2n) is 2.23. The van der Waals surface area contributed by atoms with Gasteiger partial charge in [0.2, 0.25) is 0 Å². The van der Waals surface area contributed by atoms with Gasteiger partial charge in [0.15, 0.2) is 0 Å². The summed E-state index contributed by atoms with van der Waals surface area (Å²) < 4.78 is 72.0. The fourth-order valence-electron chi connectivity index (χ4n) is 0.425. The van der Waals surface area contributed by atoms with Gasteiger partial charge in [0.05, 0.1) is 0 Å². The second-order valence-corrected chi connectivity index (χ2v) is 2.23. The van der Waals surface area contributed by atoms with E-state index in [9.17, 15) is 26.3 Å². The van der Waals surface area contributed by atoms with Crippen LogP contribution in [0.4, 0.5) is 26.3 Å². The zero-order chi connectivity index (χ0) is 10.2. The Morgan fingerprint density at radius 1 is 0.917 bits per heavy atom. The summed E-state index contributed by atoms with van der Waals surface area (Å²) >= 11 is 0. The van der Waals surface area contributed by atoms with Gasteiger partial charge in [-0.1, -0.05) is 0 Å². The first-order valence-corrected chi connectivity index (χ1v) is 2.84. The van der Waals surface area contributed by atoms with Crippen LogP contribution in [-0.2, 0) is 0 Å². The molecule has 0 heterocycles. The van der Waals surface area contributed by atoms with Gasteiger partial charge < -0.3 is 0 Å². The SMILES string of the molecule is [CH2]CC(F)(F)C(F)(F)C([CH2])(F)F. The average Bonchev–Trinajstić information content (AvgIpc) is 1.85. The molecule has 0 atom stereocenters. The highest BCUT2D eigenvalue weighted by Gasteiger charge is 2.68. The van der Waals surface area contributed by atoms with Crippen LogP contribution in [-0.4, -0.2) is 17.8 Å². The van der Waals surface area contributed by atoms with Crippen molar-refractivity contribution in [2.75, 3.05) is 0 Å². The molecule has 0 fully saturated rings. The van der Waals surface area contributed by atoms with Crippen LogP contribution in [0.15, 0.2) is 0 Å². The highest BCUT2D eigenvalue weighted by molar-refractivity contribution is 4.97. The Hall–Kier alpha value is -0.420. The van der Waals surface area contributed by atoms with Gasteiger partial charge in [-0.25, -0.2) is 0 Å². The van der Waals surface area contributed by atoms with Crippen molar-refractivity contribution in [2.45, 2.75) is 24.2 Å². The van der Waals surface area contributed by atoms with Crippen molar-refractivity contribution in [1.82, 2.24) is 0 Å². The standard InChI is InChI=1S/C6H6F6/c1-3-5(9,10)6(11,12)4(2,7)8/h1-3H2. The van der Waals surface area contributed by atoms with Gasteiger partial charge in [-0.3, -0.25) is 0 Å². The maximum absolute atomic E-state index is 12.1. The number of hydrogen-bond acceptors (Lipinski definition) is 0. The van der Waals surface area contributed by atoms with Crippen molar-refractivity contribution < 1.29 is 26.3 Å². The molecule has 0 rings (SSSR count). The molecule has 0 N–H and O–H groups in total. The minimum Gasteiger partial charge on any atom is -0.200 e. The largest absolute Gasteiger partial charge is 0.371 e. The van der Waals surface area contributed by atoms with Crippen molar-refractivity contribution in [1.29, 1.82) is 0 Å². The number of halogens is 6. The lowest BCUT2D eigenvalue weighted by molar-refractivity contribution is -0.291. The molecule has 2 radical (unpaired) electrons. The lowest BCUT2D eigenvalue weighted by atomic mass is 10.0. The zero-order valence-electron chi connectivity index (χ0n) is 5.89. The summed E-state index contributed by atoms with van der Waals surface area (Å²) in [5.74, 6) is -15.3. The molecule has 0 saturated carbocycles. The molecule has 0 aromatic carbocycles. The van der Waals surface area contributed by atoms with E-state index >= 15 is 0 Å². The summed E-state index contributed by atoms with van der Waals surface area (Å²) in [6, 6.07) is 0. The summed E-state index contributed by atoms with van der Waals surface area (Å²) in [7, 11) is 0. The van der Waals surface area contributed by atoms with E-state index in [1.54, 1.807) is 6.92 Å². The molecule has 0 bridgehead atoms. The Balaban J connectivity index is 4.85. The molecular weight excluding hydrogens is 186 g/mol. The zero-order valence-corrected chi connectivity index (χ0v) is 5.89. The van der Waals surface area contributed by atoms with Gasteiger partial charge in [0, 0.05) is 13.3 Å². The van der Waals surface area contributed by atoms with Crippen LogP contribution in [0.1, 0.15) is 6.42 Å². The summed E-state index contributed by atoms with van der Waals surface area (Å²) in [5, 5.41) is 0. The molecule has 0 saturated heterocycles. The Morgan fingerprint density at radius 3 is 1.33 bits per heavy atom. The maximum Gasteiger partial charge on any atom is 0.371 e. The van der Waals surface area contributed by atoms with E-state index in [-0.39, 0.29) is 0 Å². The van der Waals surface area contributed by atoms with E-state index in [1.807, 2.05) is 0 Å². The average molecular weight is 192 g/mol. The van der Waals surface area contributed by atoms with Crippen molar-refractivity contribution in [3.63, 3.8) is 0 Å². The van der Waals surface area contributed by atoms with E-state index in [4.69, 9.17) is 0 Å². The molecule has 6 heteroatoms. The van der Waals surface area contributed by atoms with Crippen LogP contribution >= 0.6 is 0 Å². The molecule has 0 unspecified atom stereocenters. The number of hydrogen-bond donors (Lipinski definition) is 0. The van der Waals surface area contributed by atoms with E-state index < -0.39 is 24.2 Å². The van der Waals surface area contributed by atoms with Gasteiger partial charge in [0.1, 0.15) is 0 Å². The van der Waals surface area contributed by atoms with Gasteiger partial charge >= 0.3 is 17.8 Å². The molecule has 0 aliphatic heterocycles. The highest BCUT2D eigenvalue weighted by atomic mass is 19.3. The van der Waals surface area contributed by atoms with Gasteiger partial charge in [0.25, 0.3) is 0 Å². The van der Waals surface area contributed by atoms with Crippen LogP contribution in [0.5, 0.6) is 0 Å². The molecule has 0 amide bonds. The van der Waals surface area contributed by atoms with E-state index in [0.717, 1.165) is 0 Å². The van der Waals surface area contributed by atoms with Crippen LogP contribution < -0.4 is 0 Å². The molecule has 0 spiro atoms. The molecule has 0 aliphatic rings. The fourth-order valence-corrected chi connectivity index (χ4v) is 0.425. The monoisotopic (exact) mass is 192 g/mol. The molecule has 0 nitrogen and oxygen atoms in total. The molecule has 0 aliphatic carbocycles. The third-order valence-corrected chi connectivity index (χ3v) is 1.23. The van der Waals surface area contributed by atoms with E-state index in [0.29, 0.717) is 0 Å². The Morgan fingerprint density at radius 2 is 1.25 bits per heavy atom. The third kappa shape index (κ3) is 1.67. The molecular formula is C6H6F6. The highest BCUT2D eigenvalue weighted by Crippen LogP contribution is 2.46. The van der Waals surface area contributed by atoms with Crippen molar-refractivity contribution in [3.8, 4) is 0 Å². The Labute approximate surface area is 65.6 Å². The smallest absolute Gasteiger partial charge is 0.200 e. The summed E-state index contributed by atoms with van der Waals surface area (Å²) in [6.07, 6.45) is -1.61. The summed E-state index contributed by atoms with van der Waals surface area (Å²) in [5.41, 5.74) is 0. The Bertz CT molecular complexity index is 156. The minimum absolute atomic E-state index is 1.61. The first-order chi connectivity index (χ1) is 5.06. The fraction of sp³-hybridized carbons (Fsp3) is 0.667. The summed E-state index contributed by atoms with van der Waals surface area (Å²) in [6.45, 7) is 4.11. The molecule has 0 aromatic heterocycles. The van der Waals surface area contributed by atoms with Crippen LogP contribution in [0.2, 0.25) is 0 Å². The number of alkyl halides is 6. The van der Waals surface area contributed by atoms with E-state index in [1.165, 1.54) is 0 Å². The first kappa shape index (κ1) is 11.6. The lowest BCUT2D eigenvalue weighted by Gasteiger charge is -2.29. The minimum atomic E-state index is -5.46. The van der Waals surface area contributed by atoms with Crippen LogP contribution in [0.25, 0.3) is 0 Å². The van der Waals surface area contributed by atoms with E-state index in [2.05, 4.69) is 6.92 Å². The predicted octanol–water partition coefficient (Wildman–Crippen LogP) is 2.95. The molecule has 72 valence electrons. The van der Waals surface area contributed by atoms with Crippen LogP contribution in [0.3, 0.4) is 0 Å². The third-order valence-electron chi connectivity index (χ3n) is 1.23. The first-order valence-electron chi connectivity index (χ1n) is 2.84. The van der Waals surface area contributed by atoms with Crippen molar-refractivity contribution >= 4 is 0 Å². The van der Waals surface area contributed by atoms with Gasteiger partial charge in [-0.2, -0.15) is 26.3 Å². The Kier molecular flexibility index (Phi) is 2.71. The lowest BCUT2D eigenvalue weighted by Crippen LogP contribution is -2.52. The summed E-state index contributed by atoms with van der Waals surface area (Å²) in [4.78, 5) is 0. The van der Waals surface area contributed by atoms with Crippen molar-refractivity contribution in [3.05, 3.63) is 13.8 Å². The van der Waals surface area contributed by atoms with Crippen molar-refractivity contribution in [2.24, 2.45) is 0 Å². The predicted molar refractivity (Wildman–Crippen MR) is 30.2 cm³/mol. The number of rotatable bonds is 3. The maximum atomic E-state index is 12.1.